The normalized spacial score (nSPS) is 11.9. The summed E-state index contributed by atoms with van der Waals surface area (Å²) in [5.74, 6) is -0.901. The summed E-state index contributed by atoms with van der Waals surface area (Å²) in [7, 11) is 0. The Labute approximate surface area is 89.6 Å². The molecule has 0 saturated heterocycles. The first-order valence-electron chi connectivity index (χ1n) is 4.91. The summed E-state index contributed by atoms with van der Waals surface area (Å²) < 4.78 is 0. The quantitative estimate of drug-likeness (QED) is 0.601. The fourth-order valence-corrected chi connectivity index (χ4v) is 1.21. The molecule has 0 heterocycles. The minimum Gasteiger partial charge on any atom is -0.478 e. The molecule has 0 aliphatic rings. The van der Waals surface area contributed by atoms with E-state index in [0.717, 1.165) is 12.0 Å². The van der Waals surface area contributed by atoms with E-state index in [1.807, 2.05) is 31.2 Å². The summed E-state index contributed by atoms with van der Waals surface area (Å²) in [5, 5.41) is 9.02. The summed E-state index contributed by atoms with van der Waals surface area (Å²) in [6, 6.07) is 9.11. The van der Waals surface area contributed by atoms with Gasteiger partial charge in [0.15, 0.2) is 0 Å². The van der Waals surface area contributed by atoms with Crippen molar-refractivity contribution >= 4 is 11.5 Å². The number of aliphatic carboxylic acids is 1. The van der Waals surface area contributed by atoms with Crippen LogP contribution in [0.1, 0.15) is 18.9 Å². The second-order valence-corrected chi connectivity index (χ2v) is 3.09. The Hall–Kier alpha value is -1.83. The highest BCUT2D eigenvalue weighted by Crippen LogP contribution is 2.14. The molecule has 0 bridgehead atoms. The van der Waals surface area contributed by atoms with E-state index in [0.29, 0.717) is 5.57 Å². The third-order valence-electron chi connectivity index (χ3n) is 1.95. The monoisotopic (exact) mass is 202 g/mol. The molecule has 0 radical (unpaired) electrons. The molecule has 0 atom stereocenters. The Morgan fingerprint density at radius 3 is 2.53 bits per heavy atom. The molecular weight excluding hydrogens is 188 g/mol. The van der Waals surface area contributed by atoms with Crippen LogP contribution in [0, 0.1) is 0 Å². The summed E-state index contributed by atoms with van der Waals surface area (Å²) in [4.78, 5) is 11.0. The van der Waals surface area contributed by atoms with Gasteiger partial charge in [0.05, 0.1) is 5.57 Å². The first-order valence-corrected chi connectivity index (χ1v) is 4.91. The summed E-state index contributed by atoms with van der Waals surface area (Å²) >= 11 is 0. The average molecular weight is 202 g/mol. The van der Waals surface area contributed by atoms with Gasteiger partial charge in [0.2, 0.25) is 0 Å². The fraction of sp³-hybridized carbons (Fsp3) is 0.154. The number of allylic oxidation sites excluding steroid dienone is 3. The molecule has 2 nitrogen and oxygen atoms in total. The van der Waals surface area contributed by atoms with Crippen LogP contribution in [0.15, 0.2) is 48.6 Å². The molecule has 78 valence electrons. The van der Waals surface area contributed by atoms with Crippen molar-refractivity contribution in [1.82, 2.24) is 0 Å². The van der Waals surface area contributed by atoms with E-state index in [9.17, 15) is 4.79 Å². The molecule has 0 saturated carbocycles. The summed E-state index contributed by atoms with van der Waals surface area (Å²) in [6.07, 6.45) is 6.22. The van der Waals surface area contributed by atoms with Crippen molar-refractivity contribution in [2.75, 3.05) is 0 Å². The Balaban J connectivity index is 2.99. The van der Waals surface area contributed by atoms with Crippen LogP contribution in [0.3, 0.4) is 0 Å². The van der Waals surface area contributed by atoms with Crippen molar-refractivity contribution in [3.8, 4) is 0 Å². The van der Waals surface area contributed by atoms with Gasteiger partial charge in [-0.05, 0) is 18.1 Å². The zero-order valence-corrected chi connectivity index (χ0v) is 8.68. The number of hydrogen-bond acceptors (Lipinski definition) is 1. The van der Waals surface area contributed by atoms with Crippen LogP contribution in [-0.2, 0) is 4.79 Å². The molecule has 0 aliphatic carbocycles. The van der Waals surface area contributed by atoms with Gasteiger partial charge in [-0.15, -0.1) is 0 Å². The van der Waals surface area contributed by atoms with Gasteiger partial charge >= 0.3 is 5.97 Å². The number of rotatable bonds is 4. The molecular formula is C13H14O2. The van der Waals surface area contributed by atoms with Crippen LogP contribution in [0.25, 0.3) is 5.57 Å². The van der Waals surface area contributed by atoms with E-state index in [-0.39, 0.29) is 0 Å². The highest BCUT2D eigenvalue weighted by Gasteiger charge is 2.07. The Kier molecular flexibility index (Phi) is 4.35. The molecule has 2 heteroatoms. The van der Waals surface area contributed by atoms with Gasteiger partial charge in [-0.25, -0.2) is 4.79 Å². The van der Waals surface area contributed by atoms with Crippen LogP contribution >= 0.6 is 0 Å². The van der Waals surface area contributed by atoms with Crippen molar-refractivity contribution in [2.24, 2.45) is 0 Å². The lowest BCUT2D eigenvalue weighted by Gasteiger charge is -2.00. The van der Waals surface area contributed by atoms with Gasteiger partial charge in [-0.1, -0.05) is 49.4 Å². The Bertz CT molecular complexity index is 375. The number of benzene rings is 1. The Morgan fingerprint density at radius 2 is 2.00 bits per heavy atom. The van der Waals surface area contributed by atoms with Crippen LogP contribution in [0.2, 0.25) is 0 Å². The predicted octanol–water partition coefficient (Wildman–Crippen LogP) is 3.12. The van der Waals surface area contributed by atoms with Gasteiger partial charge in [-0.3, -0.25) is 0 Å². The number of carboxylic acid groups (broad SMARTS) is 1. The van der Waals surface area contributed by atoms with Crippen LogP contribution < -0.4 is 0 Å². The SMILES string of the molecule is CCC=CC=C(C(=O)O)c1ccccc1. The maximum Gasteiger partial charge on any atom is 0.336 e. The molecule has 0 unspecified atom stereocenters. The highest BCUT2D eigenvalue weighted by molar-refractivity contribution is 6.15. The minimum absolute atomic E-state index is 0.320. The fourth-order valence-electron chi connectivity index (χ4n) is 1.21. The van der Waals surface area contributed by atoms with E-state index in [1.165, 1.54) is 0 Å². The van der Waals surface area contributed by atoms with E-state index in [2.05, 4.69) is 0 Å². The molecule has 1 aromatic rings. The van der Waals surface area contributed by atoms with Crippen molar-refractivity contribution in [3.63, 3.8) is 0 Å². The van der Waals surface area contributed by atoms with Crippen molar-refractivity contribution in [2.45, 2.75) is 13.3 Å². The first kappa shape index (κ1) is 11.2. The molecule has 1 aromatic carbocycles. The van der Waals surface area contributed by atoms with Crippen LogP contribution in [0.5, 0.6) is 0 Å². The predicted molar refractivity (Wildman–Crippen MR) is 61.5 cm³/mol. The van der Waals surface area contributed by atoms with Crippen LogP contribution in [0.4, 0.5) is 0 Å². The molecule has 0 aromatic heterocycles. The lowest BCUT2D eigenvalue weighted by molar-refractivity contribution is -0.130. The standard InChI is InChI=1S/C13H14O2/c1-2-3-5-10-12(13(14)15)11-8-6-4-7-9-11/h3-10H,2H2,1H3,(H,14,15). The lowest BCUT2D eigenvalue weighted by atomic mass is 10.1. The lowest BCUT2D eigenvalue weighted by Crippen LogP contribution is -1.98. The maximum absolute atomic E-state index is 11.0. The molecule has 1 rings (SSSR count). The molecule has 0 spiro atoms. The van der Waals surface area contributed by atoms with E-state index >= 15 is 0 Å². The van der Waals surface area contributed by atoms with Gasteiger partial charge in [0.1, 0.15) is 0 Å². The van der Waals surface area contributed by atoms with Gasteiger partial charge in [-0.2, -0.15) is 0 Å². The molecule has 0 fully saturated rings. The van der Waals surface area contributed by atoms with Crippen molar-refractivity contribution in [1.29, 1.82) is 0 Å². The van der Waals surface area contributed by atoms with E-state index < -0.39 is 5.97 Å². The maximum atomic E-state index is 11.0. The number of carbonyl (C=O) groups is 1. The third-order valence-corrected chi connectivity index (χ3v) is 1.95. The second-order valence-electron chi connectivity index (χ2n) is 3.09. The molecule has 15 heavy (non-hydrogen) atoms. The van der Waals surface area contributed by atoms with Gasteiger partial charge in [0.25, 0.3) is 0 Å². The first-order chi connectivity index (χ1) is 7.25. The van der Waals surface area contributed by atoms with Crippen molar-refractivity contribution < 1.29 is 9.90 Å². The van der Waals surface area contributed by atoms with Gasteiger partial charge < -0.3 is 5.11 Å². The van der Waals surface area contributed by atoms with Crippen LogP contribution in [-0.4, -0.2) is 11.1 Å². The topological polar surface area (TPSA) is 37.3 Å². The molecule has 0 aliphatic heterocycles. The van der Waals surface area contributed by atoms with E-state index in [1.54, 1.807) is 24.3 Å². The zero-order valence-electron chi connectivity index (χ0n) is 8.68. The zero-order chi connectivity index (χ0) is 11.1. The molecule has 0 amide bonds. The smallest absolute Gasteiger partial charge is 0.336 e. The second kappa shape index (κ2) is 5.81. The average Bonchev–Trinajstić information content (AvgIpc) is 2.25. The highest BCUT2D eigenvalue weighted by atomic mass is 16.4. The third kappa shape index (κ3) is 3.43. The largest absolute Gasteiger partial charge is 0.478 e. The van der Waals surface area contributed by atoms with Gasteiger partial charge in [0, 0.05) is 0 Å². The Morgan fingerprint density at radius 1 is 1.33 bits per heavy atom. The van der Waals surface area contributed by atoms with Crippen molar-refractivity contribution in [3.05, 3.63) is 54.1 Å². The molecule has 1 N–H and O–H groups in total. The summed E-state index contributed by atoms with van der Waals surface area (Å²) in [5.41, 5.74) is 1.05. The summed E-state index contributed by atoms with van der Waals surface area (Å²) in [6.45, 7) is 2.01. The minimum atomic E-state index is -0.901. The van der Waals surface area contributed by atoms with E-state index in [4.69, 9.17) is 5.11 Å². The number of hydrogen-bond donors (Lipinski definition) is 1. The number of carboxylic acids is 1.